The van der Waals surface area contributed by atoms with Gasteiger partial charge in [0, 0.05) is 57.0 Å². The number of aliphatic imine (C=N–C) groups is 1. The Hall–Kier alpha value is -0.480. The average molecular weight is 453 g/mol. The lowest BCUT2D eigenvalue weighted by atomic mass is 9.99. The Bertz CT molecular complexity index is 449. The summed E-state index contributed by atoms with van der Waals surface area (Å²) in [6.07, 6.45) is 9.19. The van der Waals surface area contributed by atoms with Crippen molar-refractivity contribution in [1.29, 1.82) is 0 Å². The summed E-state index contributed by atoms with van der Waals surface area (Å²) in [5.74, 6) is 0.875. The number of hydrogen-bond acceptors (Lipinski definition) is 4. The lowest BCUT2D eigenvalue weighted by Gasteiger charge is -2.36. The maximum atomic E-state index is 5.48. The summed E-state index contributed by atoms with van der Waals surface area (Å²) >= 11 is 1.94. The van der Waals surface area contributed by atoms with Crippen LogP contribution < -0.4 is 10.6 Å². The van der Waals surface area contributed by atoms with Gasteiger partial charge in [0.05, 0.1) is 0 Å². The minimum absolute atomic E-state index is 0. The molecule has 0 atom stereocenters. The molecule has 1 saturated heterocycles. The molecule has 0 saturated carbocycles. The van der Waals surface area contributed by atoms with Crippen LogP contribution >= 0.6 is 35.7 Å². The van der Waals surface area contributed by atoms with E-state index >= 15 is 0 Å². The van der Waals surface area contributed by atoms with Gasteiger partial charge < -0.3 is 15.4 Å². The third-order valence-electron chi connectivity index (χ3n) is 4.05. The van der Waals surface area contributed by atoms with E-state index < -0.39 is 0 Å². The van der Waals surface area contributed by atoms with Crippen molar-refractivity contribution in [3.05, 3.63) is 18.5 Å². The normalized spacial score (nSPS) is 17.4. The van der Waals surface area contributed by atoms with Crippen LogP contribution in [-0.2, 0) is 11.3 Å². The SMILES string of the molecule is CN=C(NCCCn1cccn1)NCC1(SC)CCOCC1.I. The minimum Gasteiger partial charge on any atom is -0.381 e. The van der Waals surface area contributed by atoms with Gasteiger partial charge >= 0.3 is 0 Å². The first-order valence-corrected chi connectivity index (χ1v) is 9.05. The molecule has 132 valence electrons. The average Bonchev–Trinajstić information content (AvgIpc) is 3.08. The van der Waals surface area contributed by atoms with E-state index in [0.29, 0.717) is 0 Å². The summed E-state index contributed by atoms with van der Waals surface area (Å²) in [5, 5.41) is 11.0. The Morgan fingerprint density at radius 2 is 2.17 bits per heavy atom. The van der Waals surface area contributed by atoms with Gasteiger partial charge in [0.1, 0.15) is 0 Å². The highest BCUT2D eigenvalue weighted by Crippen LogP contribution is 2.32. The van der Waals surface area contributed by atoms with Gasteiger partial charge in [-0.25, -0.2) is 0 Å². The number of hydrogen-bond donors (Lipinski definition) is 2. The zero-order valence-corrected chi connectivity index (χ0v) is 17.1. The quantitative estimate of drug-likeness (QED) is 0.286. The molecule has 0 aromatic carbocycles. The Morgan fingerprint density at radius 3 is 2.78 bits per heavy atom. The summed E-state index contributed by atoms with van der Waals surface area (Å²) in [7, 11) is 1.82. The van der Waals surface area contributed by atoms with Gasteiger partial charge in [-0.2, -0.15) is 16.9 Å². The highest BCUT2D eigenvalue weighted by Gasteiger charge is 2.31. The molecular weight excluding hydrogens is 425 g/mol. The first kappa shape index (κ1) is 20.6. The zero-order valence-electron chi connectivity index (χ0n) is 14.0. The standard InChI is InChI=1S/C15H27N5OS.HI/c1-16-14(17-7-3-9-20-10-4-8-19-20)18-13-15(22-2)5-11-21-12-6-15;/h4,8,10H,3,5-7,9,11-13H2,1-2H3,(H2,16,17,18);1H. The molecule has 23 heavy (non-hydrogen) atoms. The fourth-order valence-corrected chi connectivity index (χ4v) is 3.33. The molecule has 0 spiro atoms. The molecule has 0 amide bonds. The van der Waals surface area contributed by atoms with Gasteiger partial charge in [-0.3, -0.25) is 9.67 Å². The van der Waals surface area contributed by atoms with Crippen molar-refractivity contribution in [2.75, 3.05) is 39.6 Å². The number of ether oxygens (including phenoxy) is 1. The van der Waals surface area contributed by atoms with E-state index in [0.717, 1.165) is 58.1 Å². The number of nitrogens with zero attached hydrogens (tertiary/aromatic N) is 3. The first-order valence-electron chi connectivity index (χ1n) is 7.83. The van der Waals surface area contributed by atoms with Crippen molar-refractivity contribution < 1.29 is 4.74 Å². The highest BCUT2D eigenvalue weighted by atomic mass is 127. The van der Waals surface area contributed by atoms with Crippen LogP contribution in [0.1, 0.15) is 19.3 Å². The van der Waals surface area contributed by atoms with Crippen molar-refractivity contribution in [2.24, 2.45) is 4.99 Å². The second-order valence-electron chi connectivity index (χ2n) is 5.47. The first-order chi connectivity index (χ1) is 10.8. The maximum Gasteiger partial charge on any atom is 0.191 e. The maximum absolute atomic E-state index is 5.48. The van der Waals surface area contributed by atoms with E-state index in [9.17, 15) is 0 Å². The van der Waals surface area contributed by atoms with Gasteiger partial charge in [-0.15, -0.1) is 24.0 Å². The Labute approximate surface area is 160 Å². The lowest BCUT2D eigenvalue weighted by molar-refractivity contribution is 0.0783. The molecular formula is C15H28IN5OS. The summed E-state index contributed by atoms with van der Waals surface area (Å²) in [6.45, 7) is 4.45. The van der Waals surface area contributed by atoms with E-state index in [1.807, 2.05) is 42.0 Å². The Kier molecular flexibility index (Phi) is 9.96. The van der Waals surface area contributed by atoms with Gasteiger partial charge in [-0.05, 0) is 31.6 Å². The molecule has 0 radical (unpaired) electrons. The Balaban J connectivity index is 0.00000264. The number of nitrogens with one attached hydrogen (secondary N) is 2. The van der Waals surface area contributed by atoms with Gasteiger partial charge in [0.15, 0.2) is 5.96 Å². The van der Waals surface area contributed by atoms with E-state index in [4.69, 9.17) is 4.74 Å². The van der Waals surface area contributed by atoms with Crippen LogP contribution in [0.2, 0.25) is 0 Å². The molecule has 0 unspecified atom stereocenters. The fourth-order valence-electron chi connectivity index (χ4n) is 2.54. The van der Waals surface area contributed by atoms with Gasteiger partial charge in [0.2, 0.25) is 0 Å². The molecule has 1 aromatic rings. The van der Waals surface area contributed by atoms with Crippen LogP contribution in [0.4, 0.5) is 0 Å². The third kappa shape index (κ3) is 6.88. The van der Waals surface area contributed by atoms with E-state index in [1.165, 1.54) is 0 Å². The zero-order chi connectivity index (χ0) is 15.7. The molecule has 2 heterocycles. The summed E-state index contributed by atoms with van der Waals surface area (Å²) in [5.41, 5.74) is 0. The number of rotatable bonds is 7. The fraction of sp³-hybridized carbons (Fsp3) is 0.733. The second-order valence-corrected chi connectivity index (χ2v) is 6.75. The predicted molar refractivity (Wildman–Crippen MR) is 108 cm³/mol. The second kappa shape index (κ2) is 11.1. The van der Waals surface area contributed by atoms with Crippen LogP contribution in [-0.4, -0.2) is 60.1 Å². The summed E-state index contributed by atoms with van der Waals surface area (Å²) in [6, 6.07) is 1.95. The number of aromatic nitrogens is 2. The molecule has 1 aliphatic heterocycles. The van der Waals surface area contributed by atoms with Crippen LogP contribution in [0.25, 0.3) is 0 Å². The van der Waals surface area contributed by atoms with Gasteiger partial charge in [-0.1, -0.05) is 0 Å². The summed E-state index contributed by atoms with van der Waals surface area (Å²) < 4.78 is 7.70. The summed E-state index contributed by atoms with van der Waals surface area (Å²) in [4.78, 5) is 4.30. The smallest absolute Gasteiger partial charge is 0.191 e. The largest absolute Gasteiger partial charge is 0.381 e. The minimum atomic E-state index is 0. The van der Waals surface area contributed by atoms with Crippen LogP contribution in [0.5, 0.6) is 0 Å². The van der Waals surface area contributed by atoms with Crippen LogP contribution in [0.15, 0.2) is 23.5 Å². The molecule has 8 heteroatoms. The number of halogens is 1. The van der Waals surface area contributed by atoms with Crippen molar-refractivity contribution >= 4 is 41.7 Å². The third-order valence-corrected chi connectivity index (χ3v) is 5.47. The molecule has 2 rings (SSSR count). The number of guanidine groups is 1. The van der Waals surface area contributed by atoms with Crippen LogP contribution in [0.3, 0.4) is 0 Å². The topological polar surface area (TPSA) is 63.5 Å². The van der Waals surface area contributed by atoms with Crippen molar-refractivity contribution in [2.45, 2.75) is 30.6 Å². The molecule has 1 aromatic heterocycles. The number of aryl methyl sites for hydroxylation is 1. The molecule has 1 fully saturated rings. The van der Waals surface area contributed by atoms with E-state index in [2.05, 4.69) is 27.0 Å². The van der Waals surface area contributed by atoms with Crippen LogP contribution in [0, 0.1) is 0 Å². The van der Waals surface area contributed by atoms with Crippen molar-refractivity contribution in [3.8, 4) is 0 Å². The highest BCUT2D eigenvalue weighted by molar-refractivity contribution is 14.0. The monoisotopic (exact) mass is 453 g/mol. The lowest BCUT2D eigenvalue weighted by Crippen LogP contribution is -2.48. The predicted octanol–water partition coefficient (Wildman–Crippen LogP) is 1.97. The molecule has 6 nitrogen and oxygen atoms in total. The molecule has 0 bridgehead atoms. The molecule has 0 aliphatic carbocycles. The van der Waals surface area contributed by atoms with Crippen molar-refractivity contribution in [3.63, 3.8) is 0 Å². The van der Waals surface area contributed by atoms with E-state index in [1.54, 1.807) is 0 Å². The Morgan fingerprint density at radius 1 is 1.39 bits per heavy atom. The number of thioether (sulfide) groups is 1. The molecule has 1 aliphatic rings. The molecule has 2 N–H and O–H groups in total. The van der Waals surface area contributed by atoms with Crippen molar-refractivity contribution in [1.82, 2.24) is 20.4 Å². The van der Waals surface area contributed by atoms with E-state index in [-0.39, 0.29) is 28.7 Å². The van der Waals surface area contributed by atoms with Gasteiger partial charge in [0.25, 0.3) is 0 Å².